The highest BCUT2D eigenvalue weighted by Crippen LogP contribution is 2.28. The number of halogens is 7. The van der Waals surface area contributed by atoms with Gasteiger partial charge in [0.15, 0.2) is 0 Å². The molecule has 2 aliphatic rings. The summed E-state index contributed by atoms with van der Waals surface area (Å²) in [6.07, 6.45) is -7.34. The topological polar surface area (TPSA) is 102 Å². The number of carbonyl (C=O) groups is 1. The SMILES string of the molecule is O=C(O)C(F)(F)F.O[C@@H]1CN(c2ccnc(C(F)(F)F)n2)CC1NC1CCN(Cc2ccc(Cl)cc2)CC1. The first-order chi connectivity index (χ1) is 17.7. The van der Waals surface area contributed by atoms with E-state index >= 15 is 0 Å². The van der Waals surface area contributed by atoms with Crippen LogP contribution >= 0.6 is 11.6 Å². The third-order valence-corrected chi connectivity index (χ3v) is 6.36. The molecule has 2 aliphatic heterocycles. The Morgan fingerprint density at radius 1 is 1.05 bits per heavy atom. The first-order valence-corrected chi connectivity index (χ1v) is 12.0. The maximum atomic E-state index is 12.9. The lowest BCUT2D eigenvalue weighted by molar-refractivity contribution is -0.192. The van der Waals surface area contributed by atoms with Crippen LogP contribution in [0.2, 0.25) is 5.02 Å². The minimum absolute atomic E-state index is 0.184. The molecule has 0 amide bonds. The molecular weight excluding hydrogens is 544 g/mol. The minimum Gasteiger partial charge on any atom is -0.475 e. The van der Waals surface area contributed by atoms with Gasteiger partial charge in [-0.1, -0.05) is 23.7 Å². The summed E-state index contributed by atoms with van der Waals surface area (Å²) in [5.41, 5.74) is 1.22. The van der Waals surface area contributed by atoms with Crippen LogP contribution in [-0.2, 0) is 17.5 Å². The van der Waals surface area contributed by atoms with Crippen molar-refractivity contribution in [1.82, 2.24) is 20.2 Å². The number of aliphatic carboxylic acids is 1. The maximum absolute atomic E-state index is 12.9. The van der Waals surface area contributed by atoms with Gasteiger partial charge in [0.2, 0.25) is 5.82 Å². The summed E-state index contributed by atoms with van der Waals surface area (Å²) in [7, 11) is 0. The third-order valence-electron chi connectivity index (χ3n) is 6.11. The predicted molar refractivity (Wildman–Crippen MR) is 126 cm³/mol. The van der Waals surface area contributed by atoms with Gasteiger partial charge in [0.25, 0.3) is 0 Å². The van der Waals surface area contributed by atoms with Crippen LogP contribution < -0.4 is 10.2 Å². The monoisotopic (exact) mass is 569 g/mol. The Morgan fingerprint density at radius 2 is 1.66 bits per heavy atom. The molecule has 2 aromatic rings. The van der Waals surface area contributed by atoms with Gasteiger partial charge in [-0.25, -0.2) is 14.8 Å². The second kappa shape index (κ2) is 12.5. The van der Waals surface area contributed by atoms with Gasteiger partial charge >= 0.3 is 18.3 Å². The van der Waals surface area contributed by atoms with Crippen molar-refractivity contribution in [1.29, 1.82) is 0 Å². The molecule has 8 nitrogen and oxygen atoms in total. The quantitative estimate of drug-likeness (QED) is 0.470. The van der Waals surface area contributed by atoms with Crippen LogP contribution in [0.15, 0.2) is 36.5 Å². The number of piperidine rings is 1. The van der Waals surface area contributed by atoms with Crippen LogP contribution in [0, 0.1) is 0 Å². The number of alkyl halides is 6. The molecule has 0 aliphatic carbocycles. The molecule has 0 bridgehead atoms. The van der Waals surface area contributed by atoms with Crippen molar-refractivity contribution in [3.63, 3.8) is 0 Å². The molecule has 15 heteroatoms. The molecule has 0 spiro atoms. The Bertz CT molecular complexity index is 1060. The number of aliphatic hydroxyl groups is 1. The van der Waals surface area contributed by atoms with E-state index in [9.17, 15) is 31.4 Å². The molecule has 210 valence electrons. The molecule has 1 unspecified atom stereocenters. The van der Waals surface area contributed by atoms with Crippen molar-refractivity contribution in [2.24, 2.45) is 0 Å². The summed E-state index contributed by atoms with van der Waals surface area (Å²) < 4.78 is 70.4. The van der Waals surface area contributed by atoms with Crippen molar-refractivity contribution in [3.05, 3.63) is 52.9 Å². The summed E-state index contributed by atoms with van der Waals surface area (Å²) in [6.45, 7) is 3.39. The van der Waals surface area contributed by atoms with E-state index < -0.39 is 30.3 Å². The number of aliphatic hydroxyl groups excluding tert-OH is 1. The van der Waals surface area contributed by atoms with E-state index in [0.29, 0.717) is 6.54 Å². The van der Waals surface area contributed by atoms with Gasteiger partial charge in [0, 0.05) is 36.9 Å². The van der Waals surface area contributed by atoms with Gasteiger partial charge in [0.1, 0.15) is 5.82 Å². The Balaban J connectivity index is 0.000000505. The molecule has 2 saturated heterocycles. The number of anilines is 1. The summed E-state index contributed by atoms with van der Waals surface area (Å²) in [5, 5.41) is 21.8. The van der Waals surface area contributed by atoms with Crippen LogP contribution in [-0.4, -0.2) is 81.6 Å². The summed E-state index contributed by atoms with van der Waals surface area (Å²) >= 11 is 5.94. The van der Waals surface area contributed by atoms with Crippen LogP contribution in [0.1, 0.15) is 24.2 Å². The van der Waals surface area contributed by atoms with Gasteiger partial charge in [-0.3, -0.25) is 4.90 Å². The molecule has 0 radical (unpaired) electrons. The smallest absolute Gasteiger partial charge is 0.475 e. The number of hydrogen-bond donors (Lipinski definition) is 3. The fourth-order valence-corrected chi connectivity index (χ4v) is 4.33. The van der Waals surface area contributed by atoms with E-state index in [2.05, 4.69) is 20.2 Å². The highest BCUT2D eigenvalue weighted by molar-refractivity contribution is 6.30. The zero-order chi connectivity index (χ0) is 28.1. The van der Waals surface area contributed by atoms with E-state index in [1.807, 2.05) is 24.3 Å². The summed E-state index contributed by atoms with van der Waals surface area (Å²) in [4.78, 5) is 19.9. The summed E-state index contributed by atoms with van der Waals surface area (Å²) in [5.74, 6) is -3.74. The zero-order valence-corrected chi connectivity index (χ0v) is 20.6. The molecule has 1 aromatic carbocycles. The molecule has 3 heterocycles. The molecule has 0 saturated carbocycles. The average Bonchev–Trinajstić information content (AvgIpc) is 3.21. The fraction of sp³-hybridized carbons (Fsp3) is 0.522. The average molecular weight is 570 g/mol. The van der Waals surface area contributed by atoms with E-state index in [1.165, 1.54) is 11.6 Å². The second-order valence-electron chi connectivity index (χ2n) is 8.96. The van der Waals surface area contributed by atoms with E-state index in [-0.39, 0.29) is 24.4 Å². The highest BCUT2D eigenvalue weighted by atomic mass is 35.5. The Labute approximate surface area is 219 Å². The molecule has 2 fully saturated rings. The number of nitrogens with zero attached hydrogens (tertiary/aromatic N) is 4. The zero-order valence-electron chi connectivity index (χ0n) is 19.9. The standard InChI is InChI=1S/C21H25ClF3N5O.C2HF3O2/c22-15-3-1-14(2-4-15)11-29-9-6-16(7-10-29)27-17-12-30(13-18(17)31)19-5-8-26-20(28-19)21(23,24)25;3-2(4,5)1(6)7/h1-5,8,16-18,27,31H,6-7,9-13H2;(H,6,7)/t17?,18-;/m1./s1. The number of aromatic nitrogens is 2. The van der Waals surface area contributed by atoms with Crippen LogP contribution in [0.25, 0.3) is 0 Å². The second-order valence-corrected chi connectivity index (χ2v) is 9.40. The molecule has 3 N–H and O–H groups in total. The van der Waals surface area contributed by atoms with Crippen LogP contribution in [0.5, 0.6) is 0 Å². The Hall–Kier alpha value is -2.68. The predicted octanol–water partition coefficient (Wildman–Crippen LogP) is 3.59. The number of carboxylic acid groups (broad SMARTS) is 1. The lowest BCUT2D eigenvalue weighted by Crippen LogP contribution is -2.49. The third kappa shape index (κ3) is 8.68. The number of nitrogens with one attached hydrogen (secondary N) is 1. The molecule has 4 rings (SSSR count). The van der Waals surface area contributed by atoms with Gasteiger partial charge in [-0.15, -0.1) is 0 Å². The van der Waals surface area contributed by atoms with Gasteiger partial charge in [0.05, 0.1) is 12.1 Å². The van der Waals surface area contributed by atoms with Crippen molar-refractivity contribution in [2.75, 3.05) is 31.1 Å². The molecule has 38 heavy (non-hydrogen) atoms. The van der Waals surface area contributed by atoms with Crippen molar-refractivity contribution in [3.8, 4) is 0 Å². The minimum atomic E-state index is -5.08. The van der Waals surface area contributed by atoms with Gasteiger partial charge in [-0.2, -0.15) is 26.3 Å². The van der Waals surface area contributed by atoms with E-state index in [4.69, 9.17) is 21.5 Å². The van der Waals surface area contributed by atoms with Gasteiger partial charge < -0.3 is 20.4 Å². The van der Waals surface area contributed by atoms with Gasteiger partial charge in [-0.05, 0) is 49.7 Å². The highest BCUT2D eigenvalue weighted by Gasteiger charge is 2.39. The number of rotatable bonds is 5. The first kappa shape index (κ1) is 29.9. The maximum Gasteiger partial charge on any atom is 0.490 e. The lowest BCUT2D eigenvalue weighted by atomic mass is 10.0. The number of carboxylic acids is 1. The van der Waals surface area contributed by atoms with Crippen molar-refractivity contribution >= 4 is 23.4 Å². The Morgan fingerprint density at radius 3 is 2.21 bits per heavy atom. The molecular formula is C23H26ClF6N5O3. The molecule has 1 aromatic heterocycles. The molecule has 2 atom stereocenters. The van der Waals surface area contributed by atoms with E-state index in [0.717, 1.165) is 43.7 Å². The van der Waals surface area contributed by atoms with Crippen LogP contribution in [0.4, 0.5) is 32.2 Å². The lowest BCUT2D eigenvalue weighted by Gasteiger charge is -2.34. The van der Waals surface area contributed by atoms with E-state index in [1.54, 1.807) is 4.90 Å². The van der Waals surface area contributed by atoms with Crippen molar-refractivity contribution < 1.29 is 41.4 Å². The number of benzene rings is 1. The van der Waals surface area contributed by atoms with Crippen molar-refractivity contribution in [2.45, 2.75) is 49.9 Å². The first-order valence-electron chi connectivity index (χ1n) is 11.6. The van der Waals surface area contributed by atoms with Crippen LogP contribution in [0.3, 0.4) is 0 Å². The Kier molecular flexibility index (Phi) is 9.79. The normalized spacial score (nSPS) is 21.2. The number of hydrogen-bond acceptors (Lipinski definition) is 7. The number of β-amino-alcohol motifs (C(OH)–C–C–N with tert-alkyl or cyclic N) is 1. The number of likely N-dealkylation sites (tertiary alicyclic amines) is 1. The fourth-order valence-electron chi connectivity index (χ4n) is 4.21. The summed E-state index contributed by atoms with van der Waals surface area (Å²) in [6, 6.07) is 9.36. The largest absolute Gasteiger partial charge is 0.490 e.